The summed E-state index contributed by atoms with van der Waals surface area (Å²) in [6, 6.07) is -23.2. The highest BCUT2D eigenvalue weighted by Crippen LogP contribution is 2.25. The summed E-state index contributed by atoms with van der Waals surface area (Å²) < 4.78 is 0. The van der Waals surface area contributed by atoms with Gasteiger partial charge >= 0.3 is 11.9 Å². The molecule has 818 valence electrons. The van der Waals surface area contributed by atoms with Crippen LogP contribution in [0.4, 0.5) is 0 Å². The monoisotopic (exact) mass is 2080 g/mol. The minimum Gasteiger partial charge on any atom is -0.481 e. The van der Waals surface area contributed by atoms with Crippen LogP contribution in [0.15, 0.2) is 25.0 Å². The molecule has 0 spiro atoms. The van der Waals surface area contributed by atoms with Crippen molar-refractivity contribution in [3.63, 3.8) is 0 Å². The topological polar surface area (TPSA) is 762 Å². The van der Waals surface area contributed by atoms with Crippen molar-refractivity contribution >= 4 is 143 Å². The third-order valence-corrected chi connectivity index (χ3v) is 25.5. The maximum absolute atomic E-state index is 14.8. The van der Waals surface area contributed by atoms with Crippen LogP contribution in [-0.2, 0) is 118 Å². The summed E-state index contributed by atoms with van der Waals surface area (Å²) in [5, 5.41) is 64.0. The van der Waals surface area contributed by atoms with Gasteiger partial charge in [-0.3, -0.25) is 105 Å². The van der Waals surface area contributed by atoms with Crippen LogP contribution in [0.25, 0.3) is 0 Å². The fourth-order valence-corrected chi connectivity index (χ4v) is 16.7. The van der Waals surface area contributed by atoms with Gasteiger partial charge in [0.1, 0.15) is 103 Å². The molecule has 0 aromatic carbocycles. The van der Waals surface area contributed by atoms with E-state index in [1.54, 1.807) is 76.2 Å². The van der Waals surface area contributed by atoms with Gasteiger partial charge < -0.3 is 138 Å². The fourth-order valence-electron chi connectivity index (χ4n) is 16.4. The van der Waals surface area contributed by atoms with Crippen LogP contribution in [0.3, 0.4) is 0 Å². The molecule has 4 rings (SSSR count). The second kappa shape index (κ2) is 63.4. The lowest BCUT2D eigenvalue weighted by atomic mass is 9.96. The van der Waals surface area contributed by atoms with Crippen molar-refractivity contribution in [1.82, 2.24) is 120 Å². The molecule has 0 radical (unpaired) electrons. The summed E-state index contributed by atoms with van der Waals surface area (Å²) in [5.41, 5.74) is 17.7. The van der Waals surface area contributed by atoms with Crippen molar-refractivity contribution in [2.45, 2.75) is 342 Å². The number of rotatable bonds is 66. The van der Waals surface area contributed by atoms with Gasteiger partial charge in [0, 0.05) is 63.8 Å². The van der Waals surface area contributed by atoms with Gasteiger partial charge in [-0.1, -0.05) is 110 Å². The van der Waals surface area contributed by atoms with Crippen LogP contribution in [-0.4, -0.2) is 318 Å². The highest BCUT2D eigenvalue weighted by atomic mass is 32.1. The van der Waals surface area contributed by atoms with Crippen LogP contribution in [0, 0.1) is 41.4 Å². The molecule has 2 aromatic heterocycles. The first-order valence-corrected chi connectivity index (χ1v) is 50.8. The Kier molecular flexibility index (Phi) is 54.5. The van der Waals surface area contributed by atoms with E-state index >= 15 is 0 Å². The zero-order chi connectivity index (χ0) is 110. The lowest BCUT2D eigenvalue weighted by Crippen LogP contribution is -2.61. The molecular formula is C95H158N26O24S. The van der Waals surface area contributed by atoms with Crippen molar-refractivity contribution in [3.8, 4) is 0 Å². The smallest absolute Gasteiger partial charge is 0.303 e. The Balaban J connectivity index is 1.47. The number of carbonyl (C=O) groups is 22. The Hall–Kier alpha value is -13.0. The minimum atomic E-state index is -1.63. The predicted octanol–water partition coefficient (Wildman–Crippen LogP) is -4.00. The molecule has 2 aromatic rings. The van der Waals surface area contributed by atoms with E-state index in [1.807, 2.05) is 20.8 Å². The molecule has 146 heavy (non-hydrogen) atoms. The second-order valence-corrected chi connectivity index (χ2v) is 39.5. The van der Waals surface area contributed by atoms with E-state index in [0.29, 0.717) is 31.4 Å². The third kappa shape index (κ3) is 42.2. The molecule has 20 amide bonds. The number of carboxylic acids is 2. The summed E-state index contributed by atoms with van der Waals surface area (Å²) in [6.07, 6.45) is 5.41. The SMILES string of the molecule is CC[C@H](C)[C@H](NC(C)=O)C(=O)N[C@@H](CC(C)C)C(=O)N[C@@H](CCCCN)C(=O)N[C@@H](CCC(=O)O)C(=O)N1CCC[C@H]1C(=O)N[C@H](C(=O)N[C@@H](Cc1c[nH]cn1)C(=O)NCC(=O)N[C@@H](C)C(=O)N[C@@H](CS)C(=O)N[C@H](C(=O)N[C@@H](CC(C)C)C(=O)N[C@@H](CCCCN)C(=O)N[C@@H](CCC(=O)O)C(=O)N1CCC[C@H]1C(=O)N[C@H](C(=O)N[C@@H](Cc1c[nH]cn1)C(=O)NCC(=O)N[C@H](C(N)=O)C(C)C)C(C)C)[C@@H](C)CC)C(C)C. The number of nitrogens with zero attached hydrogens (tertiary/aromatic N) is 4. The molecule has 51 heteroatoms. The molecule has 2 saturated heterocycles. The van der Waals surface area contributed by atoms with E-state index in [2.05, 4.69) is 123 Å². The number of carboxylic acid groups (broad SMARTS) is 2. The molecule has 50 nitrogen and oxygen atoms in total. The fraction of sp³-hybridized carbons (Fsp3) is 0.705. The average molecular weight is 2080 g/mol. The molecule has 19 atom stereocenters. The molecule has 0 aliphatic carbocycles. The standard InChI is InChI=1S/C95H158N26O24S/c1-17-53(13)77(106-56(16)122)92(142)111-63(37-48(3)4)85(135)107-59(25-19-21-33-96)83(133)109-61(29-31-72(125)126)94(144)120-35-23-27-68(120)88(138)117-75(51(9)10)90(140)113-65(39-57-41-99-46-103-57)81(131)101-43-70(123)105-55(15)80(130)115-67(45-146)87(137)119-78(54(14)18-2)93(143)112-64(38-49(5)6)86(136)108-60(26-20-22-34-97)84(134)110-62(30-32-73(127)128)95(145)121-36-24-28-69(121)89(139)118-76(52(11)12)91(141)114-66(40-58-42-100-47-104-58)82(132)102-44-71(124)116-74(50(7)8)79(98)129/h41-42,46-55,59-69,74-78,146H,17-40,43-45,96-97H2,1-16H3,(H2,98,129)(H,99,103)(H,100,104)(H,101,131)(H,102,132)(H,105,123)(H,106,122)(H,107,135)(H,108,136)(H,109,133)(H,110,134)(H,111,142)(H,112,143)(H,113,140)(H,114,141)(H,115,130)(H,116,124)(H,117,138)(H,118,139)(H,119,137)(H,125,126)(H,127,128)/t53-,54-,55-,59-,60-,61-,62-,63-,64-,65-,66-,67-,68-,69-,74-,75-,76-,77-,78-/m0/s1. The summed E-state index contributed by atoms with van der Waals surface area (Å²) in [4.78, 5) is 321. The lowest BCUT2D eigenvalue weighted by Gasteiger charge is -2.32. The molecule has 4 heterocycles. The van der Waals surface area contributed by atoms with E-state index in [-0.39, 0.29) is 138 Å². The Morgan fingerprint density at radius 2 is 0.740 bits per heavy atom. The van der Waals surface area contributed by atoms with E-state index < -0.39 is 289 Å². The minimum absolute atomic E-state index is 0.00705. The van der Waals surface area contributed by atoms with Gasteiger partial charge in [0.2, 0.25) is 118 Å². The number of imidazole rings is 2. The van der Waals surface area contributed by atoms with E-state index in [1.165, 1.54) is 38.9 Å². The van der Waals surface area contributed by atoms with E-state index in [9.17, 15) is 116 Å². The molecule has 0 saturated carbocycles. The van der Waals surface area contributed by atoms with E-state index in [0.717, 1.165) is 9.80 Å². The number of primary amides is 1. The highest BCUT2D eigenvalue weighted by Gasteiger charge is 2.45. The number of unbranched alkanes of at least 4 members (excludes halogenated alkanes) is 2. The summed E-state index contributed by atoms with van der Waals surface area (Å²) in [7, 11) is 0. The number of aliphatic carboxylic acids is 2. The Bertz CT molecular complexity index is 4720. The van der Waals surface area contributed by atoms with Gasteiger partial charge in [-0.2, -0.15) is 12.6 Å². The Morgan fingerprint density at radius 1 is 0.397 bits per heavy atom. The zero-order valence-electron chi connectivity index (χ0n) is 86.6. The summed E-state index contributed by atoms with van der Waals surface area (Å²) in [5.74, 6) is -23.0. The molecule has 27 N–H and O–H groups in total. The average Bonchev–Trinajstić information content (AvgIpc) is 1.63. The van der Waals surface area contributed by atoms with Gasteiger partial charge in [0.15, 0.2) is 0 Å². The lowest BCUT2D eigenvalue weighted by molar-refractivity contribution is -0.144. The number of aromatic nitrogens is 4. The van der Waals surface area contributed by atoms with Crippen molar-refractivity contribution in [1.29, 1.82) is 0 Å². The first kappa shape index (κ1) is 125. The number of carbonyl (C=O) groups excluding carboxylic acids is 20. The van der Waals surface area contributed by atoms with Gasteiger partial charge in [-0.15, -0.1) is 0 Å². The van der Waals surface area contributed by atoms with Crippen molar-refractivity contribution < 1.29 is 116 Å². The summed E-state index contributed by atoms with van der Waals surface area (Å²) in [6.45, 7) is 25.1. The van der Waals surface area contributed by atoms with Crippen LogP contribution < -0.4 is 108 Å². The Labute approximate surface area is 856 Å². The Morgan fingerprint density at radius 3 is 1.08 bits per heavy atom. The number of hydrogen-bond donors (Lipinski definition) is 25. The zero-order valence-corrected chi connectivity index (χ0v) is 87.5. The number of thiol groups is 1. The quantitative estimate of drug-likeness (QED) is 0.0222. The van der Waals surface area contributed by atoms with Crippen molar-refractivity contribution in [2.75, 3.05) is 45.0 Å². The first-order chi connectivity index (χ1) is 68.8. The number of H-pyrrole nitrogens is 2. The van der Waals surface area contributed by atoms with Gasteiger partial charge in [0.05, 0.1) is 37.1 Å². The first-order valence-electron chi connectivity index (χ1n) is 50.2. The highest BCUT2D eigenvalue weighted by molar-refractivity contribution is 7.80. The molecule has 0 unspecified atom stereocenters. The maximum Gasteiger partial charge on any atom is 0.303 e. The normalized spacial score (nSPS) is 17.0. The van der Waals surface area contributed by atoms with Gasteiger partial charge in [-0.05, 0) is 151 Å². The third-order valence-electron chi connectivity index (χ3n) is 25.1. The predicted molar refractivity (Wildman–Crippen MR) is 535 cm³/mol. The second-order valence-electron chi connectivity index (χ2n) is 39.1. The number of nitrogens with two attached hydrogens (primary N) is 3. The largest absolute Gasteiger partial charge is 0.481 e. The van der Waals surface area contributed by atoms with Crippen molar-refractivity contribution in [2.24, 2.45) is 58.6 Å². The van der Waals surface area contributed by atoms with Crippen LogP contribution in [0.5, 0.6) is 0 Å². The van der Waals surface area contributed by atoms with Crippen LogP contribution in [0.1, 0.15) is 238 Å². The number of nitrogens with one attached hydrogen (secondary N) is 19. The number of likely N-dealkylation sites (tertiary alicyclic amines) is 2. The molecule has 2 aliphatic rings. The molecule has 2 fully saturated rings. The number of aromatic amines is 2. The molecular weight excluding hydrogens is 1920 g/mol. The van der Waals surface area contributed by atoms with E-state index in [4.69, 9.17) is 17.2 Å². The van der Waals surface area contributed by atoms with Crippen molar-refractivity contribution in [3.05, 3.63) is 36.4 Å². The van der Waals surface area contributed by atoms with Gasteiger partial charge in [0.25, 0.3) is 0 Å². The molecule has 2 aliphatic heterocycles. The number of hydrogen-bond acceptors (Lipinski definition) is 27. The molecule has 0 bridgehead atoms. The number of amides is 20. The van der Waals surface area contributed by atoms with Gasteiger partial charge in [-0.25, -0.2) is 9.97 Å². The summed E-state index contributed by atoms with van der Waals surface area (Å²) >= 11 is 4.32. The van der Waals surface area contributed by atoms with Crippen LogP contribution in [0.2, 0.25) is 0 Å². The maximum atomic E-state index is 14.8. The van der Waals surface area contributed by atoms with Crippen LogP contribution >= 0.6 is 12.6 Å².